The van der Waals surface area contributed by atoms with Crippen LogP contribution in [-0.4, -0.2) is 23.5 Å². The zero-order chi connectivity index (χ0) is 21.5. The first-order valence-corrected chi connectivity index (χ1v) is 10.1. The summed E-state index contributed by atoms with van der Waals surface area (Å²) >= 11 is 5.25. The van der Waals surface area contributed by atoms with Crippen molar-refractivity contribution in [3.05, 3.63) is 95.6 Å². The van der Waals surface area contributed by atoms with Gasteiger partial charge in [0.2, 0.25) is 0 Å². The summed E-state index contributed by atoms with van der Waals surface area (Å²) < 4.78 is 0. The number of anilines is 2. The summed E-state index contributed by atoms with van der Waals surface area (Å²) in [6.45, 7) is 4.38. The zero-order valence-corrected chi connectivity index (χ0v) is 17.7. The smallest absolute Gasteiger partial charge is 0.258 e. The van der Waals surface area contributed by atoms with Gasteiger partial charge in [-0.3, -0.25) is 14.9 Å². The molecule has 6 heteroatoms. The third-order valence-electron chi connectivity index (χ3n) is 4.64. The minimum Gasteiger partial charge on any atom is -0.332 e. The van der Waals surface area contributed by atoms with Gasteiger partial charge in [-0.25, -0.2) is 0 Å². The Balaban J connectivity index is 1.64. The van der Waals surface area contributed by atoms with Crippen LogP contribution in [0.5, 0.6) is 0 Å². The average molecular weight is 418 g/mol. The molecule has 152 valence electrons. The molecule has 0 atom stereocenters. The van der Waals surface area contributed by atoms with Gasteiger partial charge in [0.1, 0.15) is 0 Å². The van der Waals surface area contributed by atoms with Crippen molar-refractivity contribution in [3.8, 4) is 0 Å². The molecule has 5 nitrogen and oxygen atoms in total. The van der Waals surface area contributed by atoms with Gasteiger partial charge in [-0.05, 0) is 74.1 Å². The number of benzene rings is 3. The molecule has 0 spiro atoms. The van der Waals surface area contributed by atoms with E-state index < -0.39 is 0 Å². The van der Waals surface area contributed by atoms with Crippen molar-refractivity contribution in [2.24, 2.45) is 0 Å². The van der Waals surface area contributed by atoms with E-state index in [0.29, 0.717) is 23.4 Å². The number of nitrogens with one attached hydrogen (secondary N) is 2. The molecular weight excluding hydrogens is 394 g/mol. The molecule has 0 fully saturated rings. The van der Waals surface area contributed by atoms with Gasteiger partial charge in [0, 0.05) is 29.0 Å². The van der Waals surface area contributed by atoms with Crippen LogP contribution in [0.2, 0.25) is 0 Å². The number of nitrogens with zero attached hydrogens (tertiary/aromatic N) is 1. The van der Waals surface area contributed by atoms with Gasteiger partial charge >= 0.3 is 0 Å². The minimum absolute atomic E-state index is 0.0781. The SMILES string of the molecule is CCN(C(=O)c1ccc(NC(=S)NC(=O)c2ccccc2C)cc1)c1ccccc1. The van der Waals surface area contributed by atoms with E-state index in [0.717, 1.165) is 11.3 Å². The summed E-state index contributed by atoms with van der Waals surface area (Å²) in [4.78, 5) is 26.9. The molecule has 0 aliphatic heterocycles. The van der Waals surface area contributed by atoms with Gasteiger partial charge in [-0.15, -0.1) is 0 Å². The van der Waals surface area contributed by atoms with E-state index in [2.05, 4.69) is 10.6 Å². The standard InChI is InChI=1S/C24H23N3O2S/c1-3-27(20-10-5-4-6-11-20)23(29)18-13-15-19(16-14-18)25-24(30)26-22(28)21-12-8-7-9-17(21)2/h4-16H,3H2,1-2H3,(H2,25,26,28,30). The van der Waals surface area contributed by atoms with Gasteiger partial charge in [0.25, 0.3) is 11.8 Å². The number of hydrogen-bond acceptors (Lipinski definition) is 3. The maximum atomic E-state index is 12.9. The second-order valence-electron chi connectivity index (χ2n) is 6.69. The maximum absolute atomic E-state index is 12.9. The third-order valence-corrected chi connectivity index (χ3v) is 4.84. The second-order valence-corrected chi connectivity index (χ2v) is 7.09. The fourth-order valence-corrected chi connectivity index (χ4v) is 3.27. The first-order chi connectivity index (χ1) is 14.5. The van der Waals surface area contributed by atoms with Crippen LogP contribution in [-0.2, 0) is 0 Å². The van der Waals surface area contributed by atoms with Crippen molar-refractivity contribution in [1.29, 1.82) is 0 Å². The number of carbonyl (C=O) groups is 2. The number of thiocarbonyl (C=S) groups is 1. The molecule has 3 aromatic carbocycles. The topological polar surface area (TPSA) is 61.4 Å². The Bertz CT molecular complexity index is 1050. The van der Waals surface area contributed by atoms with Crippen LogP contribution < -0.4 is 15.5 Å². The number of carbonyl (C=O) groups excluding carboxylic acids is 2. The van der Waals surface area contributed by atoms with Crippen molar-refractivity contribution in [1.82, 2.24) is 5.32 Å². The molecule has 0 bridgehead atoms. The molecule has 30 heavy (non-hydrogen) atoms. The molecule has 0 heterocycles. The molecule has 2 amide bonds. The molecule has 0 unspecified atom stereocenters. The van der Waals surface area contributed by atoms with Crippen LogP contribution in [0.15, 0.2) is 78.9 Å². The molecule has 0 aliphatic rings. The van der Waals surface area contributed by atoms with Gasteiger partial charge < -0.3 is 10.2 Å². The molecule has 2 N–H and O–H groups in total. The highest BCUT2D eigenvalue weighted by Crippen LogP contribution is 2.18. The predicted molar refractivity (Wildman–Crippen MR) is 125 cm³/mol. The molecule has 3 aromatic rings. The molecule has 0 saturated heterocycles. The summed E-state index contributed by atoms with van der Waals surface area (Å²) in [7, 11) is 0. The first-order valence-electron chi connectivity index (χ1n) is 9.64. The largest absolute Gasteiger partial charge is 0.332 e. The lowest BCUT2D eigenvalue weighted by Gasteiger charge is -2.21. The van der Waals surface area contributed by atoms with Crippen LogP contribution in [0.1, 0.15) is 33.2 Å². The molecule has 0 aliphatic carbocycles. The number of amides is 2. The third kappa shape index (κ3) is 5.10. The normalized spacial score (nSPS) is 10.2. The van der Waals surface area contributed by atoms with Gasteiger partial charge in [0.05, 0.1) is 0 Å². The summed E-state index contributed by atoms with van der Waals surface area (Å²) in [6.07, 6.45) is 0. The summed E-state index contributed by atoms with van der Waals surface area (Å²) in [5.41, 5.74) is 3.56. The van der Waals surface area contributed by atoms with E-state index in [9.17, 15) is 9.59 Å². The van der Waals surface area contributed by atoms with Crippen LogP contribution in [0.3, 0.4) is 0 Å². The van der Waals surface area contributed by atoms with Crippen LogP contribution in [0.25, 0.3) is 0 Å². The van der Waals surface area contributed by atoms with E-state index >= 15 is 0 Å². The summed E-state index contributed by atoms with van der Waals surface area (Å²) in [6, 6.07) is 23.9. The second kappa shape index (κ2) is 9.80. The number of hydrogen-bond donors (Lipinski definition) is 2. The van der Waals surface area contributed by atoms with E-state index in [-0.39, 0.29) is 16.9 Å². The molecule has 3 rings (SSSR count). The van der Waals surface area contributed by atoms with Crippen molar-refractivity contribution in [2.45, 2.75) is 13.8 Å². The number of aryl methyl sites for hydroxylation is 1. The number of rotatable bonds is 5. The van der Waals surface area contributed by atoms with Gasteiger partial charge in [-0.1, -0.05) is 36.4 Å². The fraction of sp³-hybridized carbons (Fsp3) is 0.125. The molecule has 0 aromatic heterocycles. The monoisotopic (exact) mass is 417 g/mol. The maximum Gasteiger partial charge on any atom is 0.258 e. The predicted octanol–water partition coefficient (Wildman–Crippen LogP) is 4.79. The quantitative estimate of drug-likeness (QED) is 0.586. The summed E-state index contributed by atoms with van der Waals surface area (Å²) in [5.74, 6) is -0.343. The van der Waals surface area contributed by atoms with E-state index in [1.165, 1.54) is 0 Å². The van der Waals surface area contributed by atoms with E-state index in [1.807, 2.05) is 62.4 Å². The van der Waals surface area contributed by atoms with Crippen molar-refractivity contribution >= 4 is 40.5 Å². The van der Waals surface area contributed by atoms with Gasteiger partial charge in [0.15, 0.2) is 5.11 Å². The Labute approximate surface area is 181 Å². The van der Waals surface area contributed by atoms with Crippen LogP contribution in [0.4, 0.5) is 11.4 Å². The Hall–Kier alpha value is -3.51. The number of para-hydroxylation sites is 1. The van der Waals surface area contributed by atoms with Crippen molar-refractivity contribution in [3.63, 3.8) is 0 Å². The van der Waals surface area contributed by atoms with Crippen LogP contribution >= 0.6 is 12.2 Å². The Morgan fingerprint density at radius 2 is 1.53 bits per heavy atom. The minimum atomic E-state index is -0.265. The molecule has 0 radical (unpaired) electrons. The summed E-state index contributed by atoms with van der Waals surface area (Å²) in [5, 5.41) is 5.85. The Morgan fingerprint density at radius 1 is 0.900 bits per heavy atom. The van der Waals surface area contributed by atoms with Crippen molar-refractivity contribution in [2.75, 3.05) is 16.8 Å². The Morgan fingerprint density at radius 3 is 2.17 bits per heavy atom. The fourth-order valence-electron chi connectivity index (χ4n) is 3.06. The highest BCUT2D eigenvalue weighted by Gasteiger charge is 2.16. The van der Waals surface area contributed by atoms with Crippen molar-refractivity contribution < 1.29 is 9.59 Å². The highest BCUT2D eigenvalue weighted by atomic mass is 32.1. The average Bonchev–Trinajstić information content (AvgIpc) is 2.75. The molecular formula is C24H23N3O2S. The lowest BCUT2D eigenvalue weighted by atomic mass is 10.1. The van der Waals surface area contributed by atoms with E-state index in [1.54, 1.807) is 35.2 Å². The lowest BCUT2D eigenvalue weighted by Crippen LogP contribution is -2.34. The first kappa shape index (κ1) is 21.2. The molecule has 0 saturated carbocycles. The zero-order valence-electron chi connectivity index (χ0n) is 16.9. The van der Waals surface area contributed by atoms with E-state index in [4.69, 9.17) is 12.2 Å². The Kier molecular flexibility index (Phi) is 6.93. The lowest BCUT2D eigenvalue weighted by molar-refractivity contribution is 0.0973. The van der Waals surface area contributed by atoms with Crippen LogP contribution in [0, 0.1) is 6.92 Å². The van der Waals surface area contributed by atoms with Gasteiger partial charge in [-0.2, -0.15) is 0 Å². The highest BCUT2D eigenvalue weighted by molar-refractivity contribution is 7.80.